The Bertz CT molecular complexity index is 830. The molecule has 1 aromatic rings. The zero-order valence-electron chi connectivity index (χ0n) is 16.3. The predicted molar refractivity (Wildman–Crippen MR) is 107 cm³/mol. The second-order valence-electron chi connectivity index (χ2n) is 8.49. The molecule has 3 aliphatic carbocycles. The van der Waals surface area contributed by atoms with Gasteiger partial charge < -0.3 is 10.1 Å². The average Bonchev–Trinajstić information content (AvgIpc) is 3.21. The molecule has 0 saturated heterocycles. The molecule has 4 heteroatoms. The maximum absolute atomic E-state index is 12.8. The molecule has 0 radical (unpaired) electrons. The number of nitrogens with one attached hydrogen (secondary N) is 1. The molecule has 1 aliphatic heterocycles. The van der Waals surface area contributed by atoms with Crippen molar-refractivity contribution < 1.29 is 14.3 Å². The lowest BCUT2D eigenvalue weighted by Crippen LogP contribution is -2.36. The van der Waals surface area contributed by atoms with Gasteiger partial charge in [-0.05, 0) is 69.1 Å². The molecule has 0 amide bonds. The van der Waals surface area contributed by atoms with Crippen LogP contribution in [0.3, 0.4) is 0 Å². The van der Waals surface area contributed by atoms with Crippen LogP contribution in [0.15, 0.2) is 46.8 Å². The van der Waals surface area contributed by atoms with Gasteiger partial charge in [-0.15, -0.1) is 0 Å². The summed E-state index contributed by atoms with van der Waals surface area (Å²) in [5.41, 5.74) is 4.77. The van der Waals surface area contributed by atoms with E-state index in [1.165, 1.54) is 12.8 Å². The van der Waals surface area contributed by atoms with Crippen LogP contribution in [0.4, 0.5) is 0 Å². The van der Waals surface area contributed by atoms with E-state index in [0.29, 0.717) is 18.9 Å². The number of ether oxygens (including phenoxy) is 1. The van der Waals surface area contributed by atoms with Gasteiger partial charge in [-0.3, -0.25) is 9.59 Å². The summed E-state index contributed by atoms with van der Waals surface area (Å²) in [5, 5.41) is 3.47. The normalized spacial score (nSPS) is 23.6. The Labute approximate surface area is 166 Å². The highest BCUT2D eigenvalue weighted by molar-refractivity contribution is 6.06. The third kappa shape index (κ3) is 3.09. The number of benzene rings is 1. The van der Waals surface area contributed by atoms with Crippen molar-refractivity contribution in [2.75, 3.05) is 0 Å². The van der Waals surface area contributed by atoms with Crippen molar-refractivity contribution in [2.24, 2.45) is 0 Å². The number of carbonyl (C=O) groups excluding carboxylic acids is 2. The second kappa shape index (κ2) is 7.23. The molecule has 1 aromatic carbocycles. The molecule has 1 saturated carbocycles. The Morgan fingerprint density at radius 1 is 0.750 bits per heavy atom. The van der Waals surface area contributed by atoms with Crippen LogP contribution in [0.1, 0.15) is 75.7 Å². The van der Waals surface area contributed by atoms with E-state index < -0.39 is 0 Å². The minimum Gasteiger partial charge on any atom is -0.490 e. The quantitative estimate of drug-likeness (QED) is 0.829. The van der Waals surface area contributed by atoms with Gasteiger partial charge in [-0.25, -0.2) is 0 Å². The number of rotatable bonds is 3. The van der Waals surface area contributed by atoms with Crippen LogP contribution in [-0.2, 0) is 9.59 Å². The van der Waals surface area contributed by atoms with Crippen molar-refractivity contribution in [1.29, 1.82) is 0 Å². The van der Waals surface area contributed by atoms with Gasteiger partial charge in [0.2, 0.25) is 0 Å². The third-order valence-electron chi connectivity index (χ3n) is 6.61. The number of dihydropyridines is 1. The summed E-state index contributed by atoms with van der Waals surface area (Å²) in [6.07, 6.45) is 9.81. The molecule has 4 aliphatic rings. The molecule has 0 atom stereocenters. The van der Waals surface area contributed by atoms with Gasteiger partial charge >= 0.3 is 0 Å². The van der Waals surface area contributed by atoms with Crippen LogP contribution in [-0.4, -0.2) is 17.7 Å². The fraction of sp³-hybridized carbons (Fsp3) is 0.500. The summed E-state index contributed by atoms with van der Waals surface area (Å²) < 4.78 is 6.10. The molecular weight excluding hydrogens is 350 g/mol. The fourth-order valence-corrected chi connectivity index (χ4v) is 5.25. The number of hydrogen-bond acceptors (Lipinski definition) is 4. The molecule has 0 aromatic heterocycles. The van der Waals surface area contributed by atoms with Gasteiger partial charge in [-0.1, -0.05) is 12.1 Å². The standard InChI is InChI=1S/C24H27NO3/c26-20-9-3-7-18-23(20)22(24-19(25-18)8-4-10-21(24)27)15-11-13-17(14-12-15)28-16-5-1-2-6-16/h11-14,16,22,25H,1-10H2. The number of carbonyl (C=O) groups is 2. The lowest BCUT2D eigenvalue weighted by Gasteiger charge is -2.37. The maximum atomic E-state index is 12.8. The van der Waals surface area contributed by atoms with Crippen LogP contribution < -0.4 is 10.1 Å². The summed E-state index contributed by atoms with van der Waals surface area (Å²) in [6.45, 7) is 0. The van der Waals surface area contributed by atoms with Crippen LogP contribution in [0, 0.1) is 0 Å². The van der Waals surface area contributed by atoms with E-state index in [4.69, 9.17) is 4.74 Å². The molecule has 0 unspecified atom stereocenters. The zero-order chi connectivity index (χ0) is 19.1. The maximum Gasteiger partial charge on any atom is 0.161 e. The second-order valence-corrected chi connectivity index (χ2v) is 8.49. The Hall–Kier alpha value is -2.36. The first-order chi connectivity index (χ1) is 13.7. The number of allylic oxidation sites excluding steroid dienone is 4. The van der Waals surface area contributed by atoms with Gasteiger partial charge in [0.25, 0.3) is 0 Å². The van der Waals surface area contributed by atoms with Crippen molar-refractivity contribution in [3.63, 3.8) is 0 Å². The van der Waals surface area contributed by atoms with Crippen LogP contribution in [0.5, 0.6) is 5.75 Å². The molecule has 0 bridgehead atoms. The van der Waals surface area contributed by atoms with Crippen molar-refractivity contribution in [3.05, 3.63) is 52.4 Å². The number of Topliss-reactive ketones (excluding diaryl/α,β-unsaturated/α-hetero) is 2. The largest absolute Gasteiger partial charge is 0.490 e. The summed E-state index contributed by atoms with van der Waals surface area (Å²) in [5.74, 6) is 1.05. The first-order valence-corrected chi connectivity index (χ1v) is 10.8. The van der Waals surface area contributed by atoms with E-state index >= 15 is 0 Å². The molecule has 146 valence electrons. The van der Waals surface area contributed by atoms with Crippen LogP contribution >= 0.6 is 0 Å². The molecule has 0 spiro atoms. The van der Waals surface area contributed by atoms with Gasteiger partial charge in [0.15, 0.2) is 11.6 Å². The molecule has 1 heterocycles. The van der Waals surface area contributed by atoms with Gasteiger partial charge in [0.05, 0.1) is 6.10 Å². The summed E-state index contributed by atoms with van der Waals surface area (Å²) in [4.78, 5) is 25.7. The van der Waals surface area contributed by atoms with Crippen molar-refractivity contribution in [3.8, 4) is 5.75 Å². The van der Waals surface area contributed by atoms with E-state index in [9.17, 15) is 9.59 Å². The van der Waals surface area contributed by atoms with Gasteiger partial charge in [0.1, 0.15) is 5.75 Å². The van der Waals surface area contributed by atoms with Crippen LogP contribution in [0.2, 0.25) is 0 Å². The van der Waals surface area contributed by atoms with Crippen LogP contribution in [0.25, 0.3) is 0 Å². The zero-order valence-corrected chi connectivity index (χ0v) is 16.3. The molecule has 28 heavy (non-hydrogen) atoms. The first kappa shape index (κ1) is 17.7. The minimum absolute atomic E-state index is 0.190. The third-order valence-corrected chi connectivity index (χ3v) is 6.61. The van der Waals surface area contributed by atoms with Crippen molar-refractivity contribution in [2.45, 2.75) is 76.2 Å². The van der Waals surface area contributed by atoms with Crippen molar-refractivity contribution >= 4 is 11.6 Å². The van der Waals surface area contributed by atoms with Gasteiger partial charge in [-0.2, -0.15) is 0 Å². The van der Waals surface area contributed by atoms with E-state index in [2.05, 4.69) is 17.4 Å². The summed E-state index contributed by atoms with van der Waals surface area (Å²) in [6, 6.07) is 8.13. The van der Waals surface area contributed by atoms with E-state index in [1.54, 1.807) is 0 Å². The molecule has 1 N–H and O–H groups in total. The number of hydrogen-bond donors (Lipinski definition) is 1. The summed E-state index contributed by atoms with van der Waals surface area (Å²) in [7, 11) is 0. The lowest BCUT2D eigenvalue weighted by molar-refractivity contribution is -0.116. The van der Waals surface area contributed by atoms with E-state index in [0.717, 1.165) is 72.4 Å². The smallest absolute Gasteiger partial charge is 0.161 e. The first-order valence-electron chi connectivity index (χ1n) is 10.8. The SMILES string of the molecule is O=C1CCCC2=C1C(c1ccc(OC3CCCC3)cc1)C1=C(CCCC1=O)N2. The van der Waals surface area contributed by atoms with Gasteiger partial charge in [0, 0.05) is 41.3 Å². The van der Waals surface area contributed by atoms with Crippen molar-refractivity contribution in [1.82, 2.24) is 5.32 Å². The highest BCUT2D eigenvalue weighted by Gasteiger charge is 2.40. The topological polar surface area (TPSA) is 55.4 Å². The van der Waals surface area contributed by atoms with E-state index in [-0.39, 0.29) is 17.5 Å². The Morgan fingerprint density at radius 2 is 1.32 bits per heavy atom. The molecular formula is C24H27NO3. The average molecular weight is 377 g/mol. The Morgan fingerprint density at radius 3 is 1.89 bits per heavy atom. The minimum atomic E-state index is -0.215. The van der Waals surface area contributed by atoms with E-state index in [1.807, 2.05) is 12.1 Å². The monoisotopic (exact) mass is 377 g/mol. The Kier molecular flexibility index (Phi) is 4.58. The molecule has 4 nitrogen and oxygen atoms in total. The fourth-order valence-electron chi connectivity index (χ4n) is 5.25. The number of ketones is 2. The molecule has 5 rings (SSSR count). The highest BCUT2D eigenvalue weighted by atomic mass is 16.5. The molecule has 1 fully saturated rings. The Balaban J connectivity index is 1.51. The predicted octanol–water partition coefficient (Wildman–Crippen LogP) is 4.71. The summed E-state index contributed by atoms with van der Waals surface area (Å²) >= 11 is 0. The lowest BCUT2D eigenvalue weighted by atomic mass is 9.71. The highest BCUT2D eigenvalue weighted by Crippen LogP contribution is 2.45.